The zero-order valence-corrected chi connectivity index (χ0v) is 8.25. The molecule has 88 valence electrons. The fraction of sp³-hybridized carbons (Fsp3) is 0.300. The van der Waals surface area contributed by atoms with Gasteiger partial charge >= 0.3 is 6.18 Å². The molecule has 0 saturated heterocycles. The summed E-state index contributed by atoms with van der Waals surface area (Å²) in [6, 6.07) is 5.72. The fourth-order valence-electron chi connectivity index (χ4n) is 1.07. The highest BCUT2D eigenvalue weighted by Crippen LogP contribution is 2.18. The Morgan fingerprint density at radius 2 is 1.81 bits per heavy atom. The second kappa shape index (κ2) is 4.87. The summed E-state index contributed by atoms with van der Waals surface area (Å²) in [6.45, 7) is -1.33. The maximum Gasteiger partial charge on any atom is 0.422 e. The van der Waals surface area contributed by atoms with Crippen LogP contribution in [0.1, 0.15) is 5.56 Å². The van der Waals surface area contributed by atoms with E-state index in [9.17, 15) is 18.0 Å². The first kappa shape index (κ1) is 12.4. The molecule has 0 saturated carbocycles. The average Bonchev–Trinajstić information content (AvgIpc) is 2.14. The minimum Gasteiger partial charge on any atom is -0.484 e. The molecule has 0 radical (unpaired) electrons. The molecule has 2 N–H and O–H groups in total. The lowest BCUT2D eigenvalue weighted by molar-refractivity contribution is -0.153. The molecule has 0 bridgehead atoms. The molecule has 1 rings (SSSR count). The largest absolute Gasteiger partial charge is 0.484 e. The van der Waals surface area contributed by atoms with E-state index in [2.05, 4.69) is 4.74 Å². The molecular formula is C10H10F3NO2. The third-order valence-electron chi connectivity index (χ3n) is 1.70. The SMILES string of the molecule is NC(=O)Cc1ccc(OCC(F)(F)F)cc1. The monoisotopic (exact) mass is 233 g/mol. The lowest BCUT2D eigenvalue weighted by Crippen LogP contribution is -2.19. The fourth-order valence-corrected chi connectivity index (χ4v) is 1.07. The smallest absolute Gasteiger partial charge is 0.422 e. The van der Waals surface area contributed by atoms with Crippen LogP contribution in [0, 0.1) is 0 Å². The van der Waals surface area contributed by atoms with E-state index in [1.165, 1.54) is 24.3 Å². The quantitative estimate of drug-likeness (QED) is 0.859. The zero-order chi connectivity index (χ0) is 12.2. The predicted molar refractivity (Wildman–Crippen MR) is 50.9 cm³/mol. The molecule has 1 amide bonds. The number of halogens is 3. The number of benzene rings is 1. The summed E-state index contributed by atoms with van der Waals surface area (Å²) in [6.07, 6.45) is -4.30. The molecule has 0 heterocycles. The topological polar surface area (TPSA) is 52.3 Å². The van der Waals surface area contributed by atoms with Crippen molar-refractivity contribution < 1.29 is 22.7 Å². The van der Waals surface area contributed by atoms with E-state index in [4.69, 9.17) is 5.73 Å². The van der Waals surface area contributed by atoms with Gasteiger partial charge in [-0.3, -0.25) is 4.79 Å². The van der Waals surface area contributed by atoms with E-state index < -0.39 is 18.7 Å². The van der Waals surface area contributed by atoms with Gasteiger partial charge in [0.1, 0.15) is 5.75 Å². The van der Waals surface area contributed by atoms with Crippen molar-refractivity contribution in [1.82, 2.24) is 0 Å². The second-order valence-corrected chi connectivity index (χ2v) is 3.19. The van der Waals surface area contributed by atoms with Gasteiger partial charge in [0.2, 0.25) is 5.91 Å². The van der Waals surface area contributed by atoms with Gasteiger partial charge in [-0.25, -0.2) is 0 Å². The van der Waals surface area contributed by atoms with Crippen molar-refractivity contribution in [3.05, 3.63) is 29.8 Å². The van der Waals surface area contributed by atoms with Crippen LogP contribution in [0.15, 0.2) is 24.3 Å². The van der Waals surface area contributed by atoms with Crippen LogP contribution in [0.3, 0.4) is 0 Å². The number of carbonyl (C=O) groups excluding carboxylic acids is 1. The molecule has 0 aliphatic rings. The summed E-state index contributed by atoms with van der Waals surface area (Å²) in [4.78, 5) is 10.6. The van der Waals surface area contributed by atoms with Gasteiger partial charge in [0.05, 0.1) is 6.42 Å². The highest BCUT2D eigenvalue weighted by atomic mass is 19.4. The maximum atomic E-state index is 11.8. The molecular weight excluding hydrogens is 223 g/mol. The third-order valence-corrected chi connectivity index (χ3v) is 1.70. The number of nitrogens with two attached hydrogens (primary N) is 1. The van der Waals surface area contributed by atoms with Gasteiger partial charge in [-0.2, -0.15) is 13.2 Å². The van der Waals surface area contributed by atoms with Crippen LogP contribution in [0.4, 0.5) is 13.2 Å². The minimum absolute atomic E-state index is 0.0551. The Bertz CT molecular complexity index is 359. The van der Waals surface area contributed by atoms with E-state index >= 15 is 0 Å². The van der Waals surface area contributed by atoms with E-state index in [0.29, 0.717) is 5.56 Å². The first-order valence-electron chi connectivity index (χ1n) is 4.43. The standard InChI is InChI=1S/C10H10F3NO2/c11-10(12,13)6-16-8-3-1-7(2-4-8)5-9(14)15/h1-4H,5-6H2,(H2,14,15). The van der Waals surface area contributed by atoms with Crippen molar-refractivity contribution in [3.63, 3.8) is 0 Å². The van der Waals surface area contributed by atoms with E-state index in [0.717, 1.165) is 0 Å². The third kappa shape index (κ3) is 4.68. The normalized spacial score (nSPS) is 11.2. The Hall–Kier alpha value is -1.72. The second-order valence-electron chi connectivity index (χ2n) is 3.19. The van der Waals surface area contributed by atoms with E-state index in [1.807, 2.05) is 0 Å². The van der Waals surface area contributed by atoms with Gasteiger partial charge in [-0.05, 0) is 17.7 Å². The summed E-state index contributed by atoms with van der Waals surface area (Å²) >= 11 is 0. The maximum absolute atomic E-state index is 11.8. The molecule has 1 aromatic carbocycles. The Morgan fingerprint density at radius 1 is 1.25 bits per heavy atom. The number of alkyl halides is 3. The lowest BCUT2D eigenvalue weighted by atomic mass is 10.1. The number of hydrogen-bond acceptors (Lipinski definition) is 2. The van der Waals surface area contributed by atoms with Crippen molar-refractivity contribution in [3.8, 4) is 5.75 Å². The van der Waals surface area contributed by atoms with Crippen LogP contribution < -0.4 is 10.5 Å². The van der Waals surface area contributed by atoms with Crippen molar-refractivity contribution in [2.75, 3.05) is 6.61 Å². The van der Waals surface area contributed by atoms with Gasteiger partial charge in [-0.1, -0.05) is 12.1 Å². The summed E-state index contributed by atoms with van der Waals surface area (Å²) in [7, 11) is 0. The van der Waals surface area contributed by atoms with Crippen molar-refractivity contribution in [2.45, 2.75) is 12.6 Å². The Kier molecular flexibility index (Phi) is 3.76. The van der Waals surface area contributed by atoms with Crippen LogP contribution in [0.25, 0.3) is 0 Å². The lowest BCUT2D eigenvalue weighted by Gasteiger charge is -2.09. The van der Waals surface area contributed by atoms with Crippen molar-refractivity contribution in [2.24, 2.45) is 5.73 Å². The predicted octanol–water partition coefficient (Wildman–Crippen LogP) is 1.66. The molecule has 0 aliphatic carbocycles. The van der Waals surface area contributed by atoms with Crippen molar-refractivity contribution >= 4 is 5.91 Å². The minimum atomic E-state index is -4.36. The van der Waals surface area contributed by atoms with Crippen LogP contribution in [0.2, 0.25) is 0 Å². The molecule has 0 atom stereocenters. The summed E-state index contributed by atoms with van der Waals surface area (Å²) < 4.78 is 39.9. The Balaban J connectivity index is 2.55. The highest BCUT2D eigenvalue weighted by molar-refractivity contribution is 5.76. The molecule has 0 aliphatic heterocycles. The molecule has 16 heavy (non-hydrogen) atoms. The van der Waals surface area contributed by atoms with Crippen LogP contribution in [0.5, 0.6) is 5.75 Å². The number of carbonyl (C=O) groups is 1. The number of hydrogen-bond donors (Lipinski definition) is 1. The Morgan fingerprint density at radius 3 is 2.25 bits per heavy atom. The van der Waals surface area contributed by atoms with Gasteiger partial charge in [0.25, 0.3) is 0 Å². The van der Waals surface area contributed by atoms with Gasteiger partial charge in [-0.15, -0.1) is 0 Å². The van der Waals surface area contributed by atoms with Crippen LogP contribution >= 0.6 is 0 Å². The van der Waals surface area contributed by atoms with Gasteiger partial charge < -0.3 is 10.5 Å². The zero-order valence-electron chi connectivity index (χ0n) is 8.25. The number of amides is 1. The van der Waals surface area contributed by atoms with Crippen molar-refractivity contribution in [1.29, 1.82) is 0 Å². The van der Waals surface area contributed by atoms with Gasteiger partial charge in [0, 0.05) is 0 Å². The first-order valence-corrected chi connectivity index (χ1v) is 4.43. The summed E-state index contributed by atoms with van der Waals surface area (Å²) in [5.41, 5.74) is 5.59. The van der Waals surface area contributed by atoms with Gasteiger partial charge in [0.15, 0.2) is 6.61 Å². The molecule has 0 aromatic heterocycles. The molecule has 0 unspecified atom stereocenters. The number of primary amides is 1. The van der Waals surface area contributed by atoms with E-state index in [1.54, 1.807) is 0 Å². The average molecular weight is 233 g/mol. The highest BCUT2D eigenvalue weighted by Gasteiger charge is 2.28. The molecule has 0 spiro atoms. The molecule has 3 nitrogen and oxygen atoms in total. The molecule has 6 heteroatoms. The summed E-state index contributed by atoms with van der Waals surface area (Å²) in [5, 5.41) is 0. The van der Waals surface area contributed by atoms with Crippen LogP contribution in [-0.2, 0) is 11.2 Å². The number of ether oxygens (including phenoxy) is 1. The summed E-state index contributed by atoms with van der Waals surface area (Å²) in [5.74, 6) is -0.394. The first-order chi connectivity index (χ1) is 7.37. The molecule has 0 fully saturated rings. The van der Waals surface area contributed by atoms with E-state index in [-0.39, 0.29) is 12.2 Å². The Labute approximate surface area is 90.0 Å². The molecule has 1 aromatic rings. The number of rotatable bonds is 4. The van der Waals surface area contributed by atoms with Crippen LogP contribution in [-0.4, -0.2) is 18.7 Å².